The Balaban J connectivity index is 1.02. The van der Waals surface area contributed by atoms with Gasteiger partial charge in [0.2, 0.25) is 5.91 Å². The molecule has 11 nitrogen and oxygen atoms in total. The van der Waals surface area contributed by atoms with Gasteiger partial charge in [-0.1, -0.05) is 30.7 Å². The van der Waals surface area contributed by atoms with Crippen molar-refractivity contribution in [1.82, 2.24) is 40.5 Å². The molecule has 2 aliphatic heterocycles. The van der Waals surface area contributed by atoms with Gasteiger partial charge in [-0.15, -0.1) is 0 Å². The summed E-state index contributed by atoms with van der Waals surface area (Å²) in [6.45, 7) is 1.68. The molecule has 4 N–H and O–H groups in total. The van der Waals surface area contributed by atoms with Crippen molar-refractivity contribution in [2.75, 3.05) is 20.2 Å². The fourth-order valence-corrected chi connectivity index (χ4v) is 7.23. The summed E-state index contributed by atoms with van der Waals surface area (Å²) in [4.78, 5) is 48.9. The third-order valence-electron chi connectivity index (χ3n) is 10.0. The highest BCUT2D eigenvalue weighted by molar-refractivity contribution is 5.91. The minimum absolute atomic E-state index is 0.0602. The Kier molecular flexibility index (Phi) is 7.40. The highest BCUT2D eigenvalue weighted by Gasteiger charge is 2.41. The molecular weight excluding hydrogens is 580 g/mol. The average Bonchev–Trinajstić information content (AvgIpc) is 3.88. The second kappa shape index (κ2) is 11.9. The molecule has 5 aromatic rings. The first kappa shape index (κ1) is 28.7. The van der Waals surface area contributed by atoms with Gasteiger partial charge >= 0.3 is 6.09 Å². The number of aromatic amines is 2. The first-order valence-corrected chi connectivity index (χ1v) is 16.4. The number of benzene rings is 2. The molecular formula is C35H38N8O3. The maximum atomic E-state index is 13.7. The molecule has 3 aliphatic rings. The highest BCUT2D eigenvalue weighted by Crippen LogP contribution is 2.36. The van der Waals surface area contributed by atoms with Crippen molar-refractivity contribution >= 4 is 33.8 Å². The number of pyridine rings is 1. The van der Waals surface area contributed by atoms with E-state index in [4.69, 9.17) is 14.7 Å². The van der Waals surface area contributed by atoms with Crippen LogP contribution in [-0.2, 0) is 9.53 Å². The predicted molar refractivity (Wildman–Crippen MR) is 175 cm³/mol. The molecule has 2 saturated heterocycles. The van der Waals surface area contributed by atoms with Gasteiger partial charge in [0.25, 0.3) is 0 Å². The zero-order chi connectivity index (χ0) is 31.2. The van der Waals surface area contributed by atoms with Crippen LogP contribution >= 0.6 is 0 Å². The van der Waals surface area contributed by atoms with Crippen LogP contribution in [0.1, 0.15) is 68.7 Å². The lowest BCUT2D eigenvalue weighted by molar-refractivity contribution is -0.136. The van der Waals surface area contributed by atoms with Gasteiger partial charge in [-0.25, -0.2) is 14.8 Å². The van der Waals surface area contributed by atoms with Crippen LogP contribution in [0.4, 0.5) is 4.79 Å². The Morgan fingerprint density at radius 3 is 2.50 bits per heavy atom. The Morgan fingerprint density at radius 2 is 1.74 bits per heavy atom. The topological polar surface area (TPSA) is 141 Å². The monoisotopic (exact) mass is 618 g/mol. The second-order valence-corrected chi connectivity index (χ2v) is 12.8. The highest BCUT2D eigenvalue weighted by atomic mass is 16.5. The van der Waals surface area contributed by atoms with Crippen molar-refractivity contribution in [3.05, 3.63) is 66.5 Å². The number of methoxy groups -OCH3 is 1. The van der Waals surface area contributed by atoms with Crippen LogP contribution in [0.5, 0.6) is 0 Å². The fraction of sp³-hybridized carbons (Fsp3) is 0.400. The molecule has 8 rings (SSSR count). The summed E-state index contributed by atoms with van der Waals surface area (Å²) in [5, 5.41) is 8.59. The molecule has 3 atom stereocenters. The van der Waals surface area contributed by atoms with Gasteiger partial charge in [-0.2, -0.15) is 0 Å². The number of H-pyrrole nitrogens is 2. The molecule has 236 valence electrons. The zero-order valence-corrected chi connectivity index (χ0v) is 25.9. The molecule has 2 aromatic carbocycles. The van der Waals surface area contributed by atoms with Crippen molar-refractivity contribution in [3.8, 4) is 22.5 Å². The lowest BCUT2D eigenvalue weighted by atomic mass is 9.79. The second-order valence-electron chi connectivity index (χ2n) is 12.8. The van der Waals surface area contributed by atoms with E-state index in [0.717, 1.165) is 101 Å². The van der Waals surface area contributed by atoms with Crippen molar-refractivity contribution < 1.29 is 14.3 Å². The Morgan fingerprint density at radius 1 is 0.913 bits per heavy atom. The summed E-state index contributed by atoms with van der Waals surface area (Å²) in [6.07, 6.45) is 10.1. The summed E-state index contributed by atoms with van der Waals surface area (Å²) in [5.41, 5.74) is 5.65. The standard InChI is InChI=1S/C35H38N8O3/c1-46-35(45)42-31(20-5-2-6-20)34(44)43-14-4-8-30(43)33-39-27-17-26(37-19-29(27)41-33)23-11-9-22-16-24(12-10-21(22)15-23)28-18-38-32(40-28)25-7-3-13-36-25/h9-12,15-20,25,30-31,36H,2-8,13-14H2,1H3,(H,38,40)(H,39,41)(H,42,45)/t25-,30-,31-/m0/s1. The van der Waals surface area contributed by atoms with E-state index in [1.54, 1.807) is 6.20 Å². The maximum absolute atomic E-state index is 13.7. The number of carbonyl (C=O) groups excluding carboxylic acids is 2. The fourth-order valence-electron chi connectivity index (χ4n) is 7.23. The van der Waals surface area contributed by atoms with Gasteiger partial charge in [0, 0.05) is 17.7 Å². The number of amides is 2. The number of hydrogen-bond donors (Lipinski definition) is 4. The number of imidazole rings is 2. The Bertz CT molecular complexity index is 1920. The van der Waals surface area contributed by atoms with Crippen LogP contribution in [0.3, 0.4) is 0 Å². The number of alkyl carbamates (subject to hydrolysis) is 1. The molecule has 0 spiro atoms. The minimum atomic E-state index is -0.574. The molecule has 0 bridgehead atoms. The number of rotatable bonds is 7. The smallest absolute Gasteiger partial charge is 0.407 e. The van der Waals surface area contributed by atoms with E-state index in [9.17, 15) is 9.59 Å². The number of nitrogens with one attached hydrogen (secondary N) is 4. The molecule has 0 radical (unpaired) electrons. The zero-order valence-electron chi connectivity index (χ0n) is 25.9. The molecule has 1 saturated carbocycles. The quantitative estimate of drug-likeness (QED) is 0.181. The van der Waals surface area contributed by atoms with Crippen molar-refractivity contribution in [1.29, 1.82) is 0 Å². The van der Waals surface area contributed by atoms with Crippen molar-refractivity contribution in [3.63, 3.8) is 0 Å². The number of aromatic nitrogens is 5. The van der Waals surface area contributed by atoms with E-state index >= 15 is 0 Å². The number of ether oxygens (including phenoxy) is 1. The summed E-state index contributed by atoms with van der Waals surface area (Å²) in [6, 6.07) is 14.5. The molecule has 3 fully saturated rings. The average molecular weight is 619 g/mol. The maximum Gasteiger partial charge on any atom is 0.407 e. The molecule has 11 heteroatoms. The number of likely N-dealkylation sites (tertiary alicyclic amines) is 1. The van der Waals surface area contributed by atoms with Gasteiger partial charge in [-0.05, 0) is 80.0 Å². The van der Waals surface area contributed by atoms with Gasteiger partial charge < -0.3 is 30.2 Å². The number of nitrogens with zero attached hydrogens (tertiary/aromatic N) is 4. The molecule has 1 aliphatic carbocycles. The minimum Gasteiger partial charge on any atom is -0.453 e. The van der Waals surface area contributed by atoms with Crippen LogP contribution in [0.15, 0.2) is 54.9 Å². The first-order chi connectivity index (χ1) is 22.5. The third-order valence-corrected chi connectivity index (χ3v) is 10.0. The Labute approximate surface area is 266 Å². The summed E-state index contributed by atoms with van der Waals surface area (Å²) in [5.74, 6) is 1.84. The lowest BCUT2D eigenvalue weighted by Gasteiger charge is -2.36. The lowest BCUT2D eigenvalue weighted by Crippen LogP contribution is -2.53. The van der Waals surface area contributed by atoms with E-state index in [1.165, 1.54) is 13.5 Å². The summed E-state index contributed by atoms with van der Waals surface area (Å²) in [7, 11) is 1.33. The van der Waals surface area contributed by atoms with Crippen molar-refractivity contribution in [2.45, 2.75) is 63.1 Å². The van der Waals surface area contributed by atoms with Gasteiger partial charge in [0.05, 0.1) is 48.5 Å². The summed E-state index contributed by atoms with van der Waals surface area (Å²) < 4.78 is 4.82. The van der Waals surface area contributed by atoms with Crippen LogP contribution in [0.2, 0.25) is 0 Å². The molecule has 46 heavy (non-hydrogen) atoms. The van der Waals surface area contributed by atoms with Gasteiger partial charge in [-0.3, -0.25) is 9.78 Å². The van der Waals surface area contributed by atoms with E-state index in [1.807, 2.05) is 17.2 Å². The molecule has 0 unspecified atom stereocenters. The SMILES string of the molecule is COC(=O)N[C@H](C(=O)N1CCC[C@H]1c1nc2cnc(-c3ccc4cc(-c5cnc([C@@H]6CCCN6)[nH]5)ccc4c3)cc2[nH]1)C1CCC1. The van der Waals surface area contributed by atoms with Crippen LogP contribution in [0.25, 0.3) is 44.3 Å². The van der Waals surface area contributed by atoms with Gasteiger partial charge in [0.15, 0.2) is 0 Å². The molecule has 2 amide bonds. The Hall–Kier alpha value is -4.77. The van der Waals surface area contributed by atoms with E-state index in [0.29, 0.717) is 12.6 Å². The van der Waals surface area contributed by atoms with Crippen LogP contribution in [0, 0.1) is 5.92 Å². The molecule has 3 aromatic heterocycles. The van der Waals surface area contributed by atoms with E-state index in [2.05, 4.69) is 62.0 Å². The number of fused-ring (bicyclic) bond motifs is 2. The largest absolute Gasteiger partial charge is 0.453 e. The van der Waals surface area contributed by atoms with E-state index < -0.39 is 12.1 Å². The first-order valence-electron chi connectivity index (χ1n) is 16.4. The van der Waals surface area contributed by atoms with E-state index in [-0.39, 0.29) is 17.9 Å². The van der Waals surface area contributed by atoms with Crippen LogP contribution in [-0.4, -0.2) is 68.1 Å². The summed E-state index contributed by atoms with van der Waals surface area (Å²) >= 11 is 0. The number of carbonyl (C=O) groups is 2. The third kappa shape index (κ3) is 5.28. The predicted octanol–water partition coefficient (Wildman–Crippen LogP) is 5.78. The molecule has 5 heterocycles. The van der Waals surface area contributed by atoms with Crippen molar-refractivity contribution in [2.24, 2.45) is 5.92 Å². The van der Waals surface area contributed by atoms with Gasteiger partial charge in [0.1, 0.15) is 23.2 Å². The normalized spacial score (nSPS) is 20.7. The number of hydrogen-bond acceptors (Lipinski definition) is 7. The van der Waals surface area contributed by atoms with Crippen LogP contribution < -0.4 is 10.6 Å².